The van der Waals surface area contributed by atoms with E-state index in [1.54, 1.807) is 6.92 Å². The number of rotatable bonds is 7. The Labute approximate surface area is 113 Å². The van der Waals surface area contributed by atoms with Gasteiger partial charge in [-0.1, -0.05) is 43.6 Å². The molecular formula is C14H20ClNO2. The normalized spacial score (nSPS) is 12.2. The summed E-state index contributed by atoms with van der Waals surface area (Å²) >= 11 is 6.08. The molecule has 0 amide bonds. The summed E-state index contributed by atoms with van der Waals surface area (Å²) < 4.78 is 5.13. The van der Waals surface area contributed by atoms with Gasteiger partial charge in [0, 0.05) is 24.0 Å². The summed E-state index contributed by atoms with van der Waals surface area (Å²) in [5.74, 6) is -0.159. The van der Waals surface area contributed by atoms with Gasteiger partial charge in [-0.05, 0) is 18.1 Å². The van der Waals surface area contributed by atoms with E-state index in [-0.39, 0.29) is 12.0 Å². The molecule has 3 nitrogen and oxygen atoms in total. The quantitative estimate of drug-likeness (QED) is 0.773. The molecule has 0 aliphatic carbocycles. The Bertz CT molecular complexity index is 382. The highest BCUT2D eigenvalue weighted by molar-refractivity contribution is 6.31. The minimum atomic E-state index is -0.159. The third-order valence-corrected chi connectivity index (χ3v) is 3.13. The monoisotopic (exact) mass is 269 g/mol. The maximum atomic E-state index is 11.1. The Morgan fingerprint density at radius 3 is 2.72 bits per heavy atom. The molecule has 100 valence electrons. The lowest BCUT2D eigenvalue weighted by molar-refractivity contribution is -0.144. The van der Waals surface area contributed by atoms with Gasteiger partial charge in [-0.3, -0.25) is 4.79 Å². The van der Waals surface area contributed by atoms with Crippen molar-refractivity contribution in [1.29, 1.82) is 0 Å². The van der Waals surface area contributed by atoms with Gasteiger partial charge in [0.2, 0.25) is 0 Å². The molecule has 1 N–H and O–H groups in total. The molecular weight excluding hydrogens is 250 g/mol. The molecule has 1 aromatic rings. The average molecular weight is 270 g/mol. The molecule has 4 heteroatoms. The molecule has 0 radical (unpaired) electrons. The van der Waals surface area contributed by atoms with Gasteiger partial charge in [0.1, 0.15) is 6.61 Å². The Kier molecular flexibility index (Phi) is 6.76. The minimum absolute atomic E-state index is 0.159. The van der Waals surface area contributed by atoms with Gasteiger partial charge in [-0.2, -0.15) is 0 Å². The SMILES string of the molecule is CCC(=O)OCC(CC)NCc1ccccc1Cl. The van der Waals surface area contributed by atoms with Crippen molar-refractivity contribution in [2.24, 2.45) is 0 Å². The lowest BCUT2D eigenvalue weighted by atomic mass is 10.2. The summed E-state index contributed by atoms with van der Waals surface area (Å²) in [6, 6.07) is 7.89. The maximum Gasteiger partial charge on any atom is 0.305 e. The Morgan fingerprint density at radius 1 is 1.39 bits per heavy atom. The van der Waals surface area contributed by atoms with E-state index in [9.17, 15) is 4.79 Å². The number of benzene rings is 1. The first kappa shape index (κ1) is 15.0. The fourth-order valence-electron chi connectivity index (χ4n) is 1.51. The fourth-order valence-corrected chi connectivity index (χ4v) is 1.72. The van der Waals surface area contributed by atoms with Crippen molar-refractivity contribution >= 4 is 17.6 Å². The second-order valence-electron chi connectivity index (χ2n) is 4.11. The van der Waals surface area contributed by atoms with Gasteiger partial charge < -0.3 is 10.1 Å². The third kappa shape index (κ3) is 5.07. The predicted molar refractivity (Wildman–Crippen MR) is 73.6 cm³/mol. The van der Waals surface area contributed by atoms with Crippen LogP contribution >= 0.6 is 11.6 Å². The van der Waals surface area contributed by atoms with Crippen molar-refractivity contribution in [2.45, 2.75) is 39.3 Å². The van der Waals surface area contributed by atoms with E-state index in [0.29, 0.717) is 19.6 Å². The first-order chi connectivity index (χ1) is 8.67. The second-order valence-corrected chi connectivity index (χ2v) is 4.52. The average Bonchev–Trinajstić information content (AvgIpc) is 2.40. The van der Waals surface area contributed by atoms with Crippen LogP contribution in [-0.2, 0) is 16.1 Å². The van der Waals surface area contributed by atoms with Crippen LogP contribution in [0.2, 0.25) is 5.02 Å². The smallest absolute Gasteiger partial charge is 0.305 e. The van der Waals surface area contributed by atoms with Crippen molar-refractivity contribution < 1.29 is 9.53 Å². The number of carbonyl (C=O) groups excluding carboxylic acids is 1. The van der Waals surface area contributed by atoms with Gasteiger partial charge in [0.25, 0.3) is 0 Å². The topological polar surface area (TPSA) is 38.3 Å². The zero-order valence-corrected chi connectivity index (χ0v) is 11.7. The molecule has 0 saturated heterocycles. The van der Waals surface area contributed by atoms with E-state index < -0.39 is 0 Å². The number of nitrogens with one attached hydrogen (secondary N) is 1. The molecule has 0 heterocycles. The highest BCUT2D eigenvalue weighted by Crippen LogP contribution is 2.14. The Hall–Kier alpha value is -1.06. The van der Waals surface area contributed by atoms with Crippen molar-refractivity contribution in [1.82, 2.24) is 5.32 Å². The summed E-state index contributed by atoms with van der Waals surface area (Å²) in [5.41, 5.74) is 1.06. The molecule has 1 unspecified atom stereocenters. The van der Waals surface area contributed by atoms with Crippen molar-refractivity contribution in [3.8, 4) is 0 Å². The van der Waals surface area contributed by atoms with Crippen LogP contribution in [0.1, 0.15) is 32.3 Å². The third-order valence-electron chi connectivity index (χ3n) is 2.77. The van der Waals surface area contributed by atoms with Crippen LogP contribution in [0.25, 0.3) is 0 Å². The minimum Gasteiger partial charge on any atom is -0.464 e. The molecule has 1 aromatic carbocycles. The summed E-state index contributed by atoms with van der Waals surface area (Å²) in [6.45, 7) is 4.94. The molecule has 0 bridgehead atoms. The van der Waals surface area contributed by atoms with E-state index in [1.807, 2.05) is 24.3 Å². The van der Waals surface area contributed by atoms with Gasteiger partial charge in [-0.25, -0.2) is 0 Å². The van der Waals surface area contributed by atoms with Crippen molar-refractivity contribution in [3.05, 3.63) is 34.9 Å². The van der Waals surface area contributed by atoms with E-state index in [4.69, 9.17) is 16.3 Å². The largest absolute Gasteiger partial charge is 0.464 e. The Morgan fingerprint density at radius 2 is 2.11 bits per heavy atom. The summed E-state index contributed by atoms with van der Waals surface area (Å²) in [5, 5.41) is 4.10. The van der Waals surface area contributed by atoms with Gasteiger partial charge in [0.05, 0.1) is 0 Å². The van der Waals surface area contributed by atoms with E-state index >= 15 is 0 Å². The molecule has 0 aliphatic heterocycles. The molecule has 0 aromatic heterocycles. The number of carbonyl (C=O) groups is 1. The van der Waals surface area contributed by atoms with Gasteiger partial charge in [0.15, 0.2) is 0 Å². The van der Waals surface area contributed by atoms with Crippen LogP contribution < -0.4 is 5.32 Å². The van der Waals surface area contributed by atoms with Crippen LogP contribution in [0.3, 0.4) is 0 Å². The van der Waals surface area contributed by atoms with Gasteiger partial charge in [-0.15, -0.1) is 0 Å². The van der Waals surface area contributed by atoms with E-state index in [2.05, 4.69) is 12.2 Å². The highest BCUT2D eigenvalue weighted by Gasteiger charge is 2.09. The van der Waals surface area contributed by atoms with Crippen molar-refractivity contribution in [3.63, 3.8) is 0 Å². The van der Waals surface area contributed by atoms with E-state index in [1.165, 1.54) is 0 Å². The van der Waals surface area contributed by atoms with Gasteiger partial charge >= 0.3 is 5.97 Å². The van der Waals surface area contributed by atoms with Crippen LogP contribution in [0.5, 0.6) is 0 Å². The fraction of sp³-hybridized carbons (Fsp3) is 0.500. The number of hydrogen-bond donors (Lipinski definition) is 1. The van der Waals surface area contributed by atoms with Crippen LogP contribution in [0, 0.1) is 0 Å². The maximum absolute atomic E-state index is 11.1. The molecule has 0 spiro atoms. The van der Waals surface area contributed by atoms with Crippen molar-refractivity contribution in [2.75, 3.05) is 6.61 Å². The highest BCUT2D eigenvalue weighted by atomic mass is 35.5. The first-order valence-electron chi connectivity index (χ1n) is 6.29. The molecule has 0 aliphatic rings. The second kappa shape index (κ2) is 8.11. The van der Waals surface area contributed by atoms with E-state index in [0.717, 1.165) is 17.0 Å². The molecule has 1 rings (SSSR count). The number of ether oxygens (including phenoxy) is 1. The molecule has 18 heavy (non-hydrogen) atoms. The predicted octanol–water partition coefficient (Wildman–Crippen LogP) is 3.16. The Balaban J connectivity index is 2.40. The lowest BCUT2D eigenvalue weighted by Crippen LogP contribution is -2.33. The zero-order valence-electron chi connectivity index (χ0n) is 10.9. The summed E-state index contributed by atoms with van der Waals surface area (Å²) in [6.07, 6.45) is 1.32. The zero-order chi connectivity index (χ0) is 13.4. The number of halogens is 1. The first-order valence-corrected chi connectivity index (χ1v) is 6.67. The summed E-state index contributed by atoms with van der Waals surface area (Å²) in [4.78, 5) is 11.1. The molecule has 1 atom stereocenters. The molecule has 0 fully saturated rings. The standard InChI is InChI=1S/C14H20ClNO2/c1-3-12(10-18-14(17)4-2)16-9-11-7-5-6-8-13(11)15/h5-8,12,16H,3-4,9-10H2,1-2H3. The van der Waals surface area contributed by atoms with Crippen LogP contribution in [0.15, 0.2) is 24.3 Å². The number of hydrogen-bond acceptors (Lipinski definition) is 3. The van der Waals surface area contributed by atoms with Crippen LogP contribution in [-0.4, -0.2) is 18.6 Å². The van der Waals surface area contributed by atoms with Crippen LogP contribution in [0.4, 0.5) is 0 Å². The summed E-state index contributed by atoms with van der Waals surface area (Å²) in [7, 11) is 0. The number of esters is 1. The lowest BCUT2D eigenvalue weighted by Gasteiger charge is -2.17. The molecule has 0 saturated carbocycles.